The Bertz CT molecular complexity index is 712. The number of carbonyl (C=O) groups is 1. The first kappa shape index (κ1) is 18.8. The fourth-order valence-corrected chi connectivity index (χ4v) is 2.17. The fraction of sp³-hybridized carbons (Fsp3) is 0.263. The summed E-state index contributed by atoms with van der Waals surface area (Å²) in [6, 6.07) is 14.7. The third-order valence-corrected chi connectivity index (χ3v) is 3.74. The maximum Gasteiger partial charge on any atom is 0.277 e. The monoisotopic (exact) mass is 360 g/mol. The third kappa shape index (κ3) is 6.85. The molecular formula is C19H21ClN2O3. The van der Waals surface area contributed by atoms with Gasteiger partial charge in [-0.25, -0.2) is 5.43 Å². The minimum Gasteiger partial charge on any atom is -0.497 e. The van der Waals surface area contributed by atoms with Crippen molar-refractivity contribution in [1.29, 1.82) is 0 Å². The topological polar surface area (TPSA) is 59.9 Å². The van der Waals surface area contributed by atoms with Crippen LogP contribution in [0.15, 0.2) is 53.6 Å². The summed E-state index contributed by atoms with van der Waals surface area (Å²) >= 11 is 5.79. The van der Waals surface area contributed by atoms with E-state index in [0.29, 0.717) is 10.8 Å². The van der Waals surface area contributed by atoms with Crippen LogP contribution in [0.5, 0.6) is 11.5 Å². The Balaban J connectivity index is 1.71. The number of carbonyl (C=O) groups excluding carboxylic acids is 1. The number of hydrogen-bond acceptors (Lipinski definition) is 4. The Kier molecular flexibility index (Phi) is 7.29. The van der Waals surface area contributed by atoms with E-state index in [1.807, 2.05) is 31.2 Å². The summed E-state index contributed by atoms with van der Waals surface area (Å²) in [5.41, 5.74) is 4.53. The molecule has 0 heterocycles. The summed E-state index contributed by atoms with van der Waals surface area (Å²) in [6.07, 6.45) is 1.60. The van der Waals surface area contributed by atoms with Crippen LogP contribution in [0.1, 0.15) is 18.9 Å². The molecule has 0 saturated heterocycles. The van der Waals surface area contributed by atoms with Crippen LogP contribution in [0, 0.1) is 0 Å². The van der Waals surface area contributed by atoms with Gasteiger partial charge in [0.05, 0.1) is 7.11 Å². The molecule has 0 aromatic heterocycles. The molecule has 0 saturated carbocycles. The van der Waals surface area contributed by atoms with Gasteiger partial charge < -0.3 is 9.47 Å². The van der Waals surface area contributed by atoms with Crippen LogP contribution in [0.25, 0.3) is 0 Å². The summed E-state index contributed by atoms with van der Waals surface area (Å²) in [5, 5.41) is 4.71. The predicted molar refractivity (Wildman–Crippen MR) is 99.5 cm³/mol. The van der Waals surface area contributed by atoms with Gasteiger partial charge in [-0.15, -0.1) is 0 Å². The Morgan fingerprint density at radius 3 is 2.36 bits per heavy atom. The lowest BCUT2D eigenvalue weighted by atomic mass is 10.1. The summed E-state index contributed by atoms with van der Waals surface area (Å²) in [4.78, 5) is 11.7. The van der Waals surface area contributed by atoms with Crippen LogP contribution in [0.4, 0.5) is 0 Å². The van der Waals surface area contributed by atoms with Crippen molar-refractivity contribution in [3.8, 4) is 11.5 Å². The minimum atomic E-state index is -0.307. The third-order valence-electron chi connectivity index (χ3n) is 3.49. The molecule has 2 aromatic carbocycles. The van der Waals surface area contributed by atoms with Crippen molar-refractivity contribution in [1.82, 2.24) is 5.43 Å². The summed E-state index contributed by atoms with van der Waals surface area (Å²) < 4.78 is 10.5. The molecule has 0 atom stereocenters. The average Bonchev–Trinajstić information content (AvgIpc) is 2.64. The van der Waals surface area contributed by atoms with Crippen molar-refractivity contribution in [3.63, 3.8) is 0 Å². The Hall–Kier alpha value is -2.53. The molecule has 0 aliphatic heterocycles. The van der Waals surface area contributed by atoms with Gasteiger partial charge in [0.1, 0.15) is 11.5 Å². The lowest BCUT2D eigenvalue weighted by molar-refractivity contribution is -0.123. The molecule has 25 heavy (non-hydrogen) atoms. The van der Waals surface area contributed by atoms with Crippen molar-refractivity contribution < 1.29 is 14.3 Å². The van der Waals surface area contributed by atoms with E-state index in [9.17, 15) is 4.79 Å². The summed E-state index contributed by atoms with van der Waals surface area (Å²) in [6.45, 7) is 1.78. The highest BCUT2D eigenvalue weighted by Crippen LogP contribution is 2.15. The number of ether oxygens (including phenoxy) is 2. The predicted octanol–water partition coefficient (Wildman–Crippen LogP) is 3.85. The molecule has 1 N–H and O–H groups in total. The van der Waals surface area contributed by atoms with Gasteiger partial charge in [-0.05, 0) is 61.7 Å². The lowest BCUT2D eigenvalue weighted by Gasteiger charge is -2.06. The van der Waals surface area contributed by atoms with Gasteiger partial charge in [0.25, 0.3) is 5.91 Å². The zero-order valence-corrected chi connectivity index (χ0v) is 15.0. The number of hydrogen-bond donors (Lipinski definition) is 1. The molecule has 0 aliphatic rings. The molecule has 5 nitrogen and oxygen atoms in total. The highest BCUT2D eigenvalue weighted by molar-refractivity contribution is 6.30. The second kappa shape index (κ2) is 9.69. The van der Waals surface area contributed by atoms with Gasteiger partial charge in [0.2, 0.25) is 0 Å². The molecule has 0 unspecified atom stereocenters. The smallest absolute Gasteiger partial charge is 0.277 e. The van der Waals surface area contributed by atoms with E-state index >= 15 is 0 Å². The first-order chi connectivity index (χ1) is 12.1. The van der Waals surface area contributed by atoms with Crippen LogP contribution in [-0.2, 0) is 11.2 Å². The molecular weight excluding hydrogens is 340 g/mol. The average molecular weight is 361 g/mol. The number of halogens is 1. The zero-order valence-electron chi connectivity index (χ0n) is 14.3. The van der Waals surface area contributed by atoms with E-state index < -0.39 is 0 Å². The molecule has 2 aromatic rings. The quantitative estimate of drug-likeness (QED) is 0.574. The number of rotatable bonds is 8. The molecule has 2 rings (SSSR count). The van der Waals surface area contributed by atoms with Crippen LogP contribution in [0.2, 0.25) is 5.02 Å². The molecule has 0 spiro atoms. The van der Waals surface area contributed by atoms with E-state index in [2.05, 4.69) is 10.5 Å². The fourth-order valence-electron chi connectivity index (χ4n) is 2.04. The van der Waals surface area contributed by atoms with Crippen molar-refractivity contribution in [2.45, 2.75) is 19.8 Å². The largest absolute Gasteiger partial charge is 0.497 e. The lowest BCUT2D eigenvalue weighted by Crippen LogP contribution is -2.25. The summed E-state index contributed by atoms with van der Waals surface area (Å²) in [7, 11) is 1.64. The van der Waals surface area contributed by atoms with Crippen LogP contribution in [0.3, 0.4) is 0 Å². The van der Waals surface area contributed by atoms with E-state index in [-0.39, 0.29) is 12.5 Å². The van der Waals surface area contributed by atoms with Crippen LogP contribution < -0.4 is 14.9 Å². The molecule has 6 heteroatoms. The second-order valence-corrected chi connectivity index (χ2v) is 5.91. The summed E-state index contributed by atoms with van der Waals surface area (Å²) in [5.74, 6) is 1.11. The number of benzene rings is 2. The second-order valence-electron chi connectivity index (χ2n) is 5.47. The van der Waals surface area contributed by atoms with Crippen molar-refractivity contribution in [3.05, 3.63) is 59.1 Å². The maximum atomic E-state index is 11.7. The highest BCUT2D eigenvalue weighted by Gasteiger charge is 2.03. The number of methoxy groups -OCH3 is 1. The van der Waals surface area contributed by atoms with Crippen LogP contribution in [-0.4, -0.2) is 25.3 Å². The van der Waals surface area contributed by atoms with Crippen molar-refractivity contribution in [2.75, 3.05) is 13.7 Å². The highest BCUT2D eigenvalue weighted by atomic mass is 35.5. The van der Waals surface area contributed by atoms with Gasteiger partial charge >= 0.3 is 0 Å². The van der Waals surface area contributed by atoms with Gasteiger partial charge in [-0.2, -0.15) is 5.10 Å². The van der Waals surface area contributed by atoms with Gasteiger partial charge in [0, 0.05) is 10.7 Å². The Morgan fingerprint density at radius 2 is 1.72 bits per heavy atom. The number of amides is 1. The van der Waals surface area contributed by atoms with Gasteiger partial charge in [-0.1, -0.05) is 23.7 Å². The van der Waals surface area contributed by atoms with Gasteiger partial charge in [0.15, 0.2) is 6.61 Å². The van der Waals surface area contributed by atoms with E-state index in [0.717, 1.165) is 24.3 Å². The SMILES string of the molecule is COc1ccc(CC/C(C)=N\NC(=O)COc2ccc(Cl)cc2)cc1. The van der Waals surface area contributed by atoms with Crippen molar-refractivity contribution >= 4 is 23.2 Å². The first-order valence-electron chi connectivity index (χ1n) is 7.90. The number of hydrazone groups is 1. The molecule has 0 fully saturated rings. The first-order valence-corrected chi connectivity index (χ1v) is 8.28. The van der Waals surface area contributed by atoms with Gasteiger partial charge in [-0.3, -0.25) is 4.79 Å². The standard InChI is InChI=1S/C19H21ClN2O3/c1-14(3-4-15-5-9-17(24-2)10-6-15)21-22-19(23)13-25-18-11-7-16(20)8-12-18/h5-12H,3-4,13H2,1-2H3,(H,22,23)/b21-14-. The molecule has 0 bridgehead atoms. The molecule has 0 aliphatic carbocycles. The number of aryl methyl sites for hydroxylation is 1. The normalized spacial score (nSPS) is 11.1. The molecule has 1 amide bonds. The number of nitrogens with one attached hydrogen (secondary N) is 1. The minimum absolute atomic E-state index is 0.100. The van der Waals surface area contributed by atoms with E-state index in [1.54, 1.807) is 31.4 Å². The maximum absolute atomic E-state index is 11.7. The number of nitrogens with zero attached hydrogens (tertiary/aromatic N) is 1. The van der Waals surface area contributed by atoms with E-state index in [4.69, 9.17) is 21.1 Å². The van der Waals surface area contributed by atoms with E-state index in [1.165, 1.54) is 5.56 Å². The molecule has 132 valence electrons. The Labute approximate surface area is 152 Å². The zero-order chi connectivity index (χ0) is 18.1. The van der Waals surface area contributed by atoms with Crippen LogP contribution >= 0.6 is 11.6 Å². The van der Waals surface area contributed by atoms with Crippen molar-refractivity contribution in [2.24, 2.45) is 5.10 Å². The Morgan fingerprint density at radius 1 is 1.08 bits per heavy atom. The molecule has 0 radical (unpaired) electrons.